The van der Waals surface area contributed by atoms with E-state index in [1.807, 2.05) is 24.3 Å². The first-order valence-corrected chi connectivity index (χ1v) is 18.4. The van der Waals surface area contributed by atoms with Crippen LogP contribution in [0.5, 0.6) is 11.5 Å². The molecule has 0 bridgehead atoms. The third kappa shape index (κ3) is 5.41. The smallest absolute Gasteiger partial charge is 0.145 e. The minimum absolute atomic E-state index is 0.829. The van der Waals surface area contributed by atoms with Gasteiger partial charge in [0.05, 0.1) is 20.9 Å². The molecule has 0 aliphatic carbocycles. The van der Waals surface area contributed by atoms with E-state index in [1.165, 1.54) is 0 Å². The summed E-state index contributed by atoms with van der Waals surface area (Å²) in [5.41, 5.74) is 9.14. The lowest BCUT2D eigenvalue weighted by molar-refractivity contribution is 0.455. The molecule has 0 fully saturated rings. The number of benzene rings is 8. The van der Waals surface area contributed by atoms with Gasteiger partial charge in [0.25, 0.3) is 0 Å². The molecule has 0 saturated carbocycles. The number of nitrogens with zero attached hydrogens (tertiary/aromatic N) is 2. The fourth-order valence-electron chi connectivity index (χ4n) is 7.34. The van der Waals surface area contributed by atoms with Crippen LogP contribution in [0.15, 0.2) is 197 Å². The van der Waals surface area contributed by atoms with Crippen molar-refractivity contribution < 1.29 is 9.15 Å². The van der Waals surface area contributed by atoms with Crippen LogP contribution in [0.1, 0.15) is 5.56 Å². The Morgan fingerprint density at radius 2 is 1.11 bits per heavy atom. The number of fused-ring (bicyclic) bond motifs is 7. The molecule has 8 aromatic carbocycles. The predicted molar refractivity (Wildman–Crippen MR) is 221 cm³/mol. The minimum atomic E-state index is 0.829. The fourth-order valence-corrected chi connectivity index (χ4v) is 8.30. The molecule has 0 unspecified atom stereocenters. The van der Waals surface area contributed by atoms with Crippen LogP contribution in [-0.2, 0) is 0 Å². The van der Waals surface area contributed by atoms with Gasteiger partial charge < -0.3 is 19.0 Å². The maximum absolute atomic E-state index is 6.70. The molecule has 0 N–H and O–H groups in total. The van der Waals surface area contributed by atoms with Crippen LogP contribution >= 0.6 is 11.8 Å². The molecule has 1 aliphatic rings. The summed E-state index contributed by atoms with van der Waals surface area (Å²) in [4.78, 5) is 6.71. The van der Waals surface area contributed by atoms with Crippen molar-refractivity contribution in [1.82, 2.24) is 0 Å². The summed E-state index contributed by atoms with van der Waals surface area (Å²) in [5, 5.41) is 4.40. The molecule has 0 saturated heterocycles. The number of anilines is 6. The van der Waals surface area contributed by atoms with Crippen LogP contribution in [0.4, 0.5) is 34.1 Å². The fraction of sp³-hybridized carbons (Fsp3) is 0. The number of rotatable bonds is 7. The maximum atomic E-state index is 6.70. The molecule has 1 aromatic heterocycles. The Morgan fingerprint density at radius 1 is 0.491 bits per heavy atom. The lowest BCUT2D eigenvalue weighted by atomic mass is 10.0. The third-order valence-electron chi connectivity index (χ3n) is 9.82. The Kier molecular flexibility index (Phi) is 7.52. The van der Waals surface area contributed by atoms with Crippen molar-refractivity contribution in [3.05, 3.63) is 188 Å². The molecule has 1 aliphatic heterocycles. The summed E-state index contributed by atoms with van der Waals surface area (Å²) in [6.07, 6.45) is 1.87. The molecule has 0 spiro atoms. The van der Waals surface area contributed by atoms with E-state index < -0.39 is 0 Å². The van der Waals surface area contributed by atoms with Gasteiger partial charge in [0.1, 0.15) is 22.7 Å². The molecule has 0 atom stereocenters. The Labute approximate surface area is 311 Å². The van der Waals surface area contributed by atoms with Gasteiger partial charge in [-0.3, -0.25) is 0 Å². The van der Waals surface area contributed by atoms with E-state index in [4.69, 9.17) is 9.15 Å². The van der Waals surface area contributed by atoms with Gasteiger partial charge in [0.2, 0.25) is 0 Å². The van der Waals surface area contributed by atoms with Gasteiger partial charge >= 0.3 is 0 Å². The standard InChI is InChI=1S/C48H32N2O2S/c1-2-32-21-23-36(24-22-32)49(34-14-5-3-6-15-34)37-26-28-45-44(30-37)51-43-27-25-38(31-46(43)53-45)50(35-16-7-4-8-17-35)41-29-33-13-9-10-18-39(33)48-47(41)40-19-11-12-20-42(40)52-48/h2-31H,1H2. The highest BCUT2D eigenvalue weighted by atomic mass is 32.2. The molecule has 0 amide bonds. The topological polar surface area (TPSA) is 28.9 Å². The molecule has 252 valence electrons. The number of para-hydroxylation sites is 3. The lowest BCUT2D eigenvalue weighted by Gasteiger charge is -2.29. The first-order chi connectivity index (χ1) is 26.2. The SMILES string of the molecule is C=Cc1ccc(N(c2ccccc2)c2ccc3c(c2)Oc2ccc(N(c4ccccc4)c4cc5ccccc5c5oc6ccccc6c45)cc2S3)cc1. The van der Waals surface area contributed by atoms with Crippen LogP contribution in [-0.4, -0.2) is 0 Å². The van der Waals surface area contributed by atoms with Gasteiger partial charge in [-0.05, 0) is 89.8 Å². The average molecular weight is 701 g/mol. The van der Waals surface area contributed by atoms with Gasteiger partial charge in [-0.15, -0.1) is 0 Å². The van der Waals surface area contributed by atoms with Gasteiger partial charge in [-0.25, -0.2) is 0 Å². The average Bonchev–Trinajstić information content (AvgIpc) is 3.62. The van der Waals surface area contributed by atoms with Crippen molar-refractivity contribution in [2.24, 2.45) is 0 Å². The number of furan rings is 1. The van der Waals surface area contributed by atoms with E-state index in [9.17, 15) is 0 Å². The van der Waals surface area contributed by atoms with Gasteiger partial charge in [-0.1, -0.05) is 115 Å². The predicted octanol–water partition coefficient (Wildman–Crippen LogP) is 14.6. The van der Waals surface area contributed by atoms with E-state index in [-0.39, 0.29) is 0 Å². The van der Waals surface area contributed by atoms with Gasteiger partial charge in [-0.2, -0.15) is 0 Å². The van der Waals surface area contributed by atoms with Crippen LogP contribution in [0.2, 0.25) is 0 Å². The summed E-state index contributed by atoms with van der Waals surface area (Å²) in [5.74, 6) is 1.66. The summed E-state index contributed by atoms with van der Waals surface area (Å²) in [6.45, 7) is 3.93. The maximum Gasteiger partial charge on any atom is 0.145 e. The molecule has 9 aromatic rings. The normalized spacial score (nSPS) is 11.9. The van der Waals surface area contributed by atoms with Gasteiger partial charge in [0.15, 0.2) is 0 Å². The number of hydrogen-bond acceptors (Lipinski definition) is 5. The number of hydrogen-bond donors (Lipinski definition) is 0. The molecule has 4 nitrogen and oxygen atoms in total. The van der Waals surface area contributed by atoms with Crippen molar-refractivity contribution in [3.8, 4) is 11.5 Å². The Morgan fingerprint density at radius 3 is 1.89 bits per heavy atom. The highest BCUT2D eigenvalue weighted by Gasteiger charge is 2.25. The highest BCUT2D eigenvalue weighted by Crippen LogP contribution is 2.52. The second kappa shape index (κ2) is 12.8. The van der Waals surface area contributed by atoms with Crippen molar-refractivity contribution in [3.63, 3.8) is 0 Å². The Bertz CT molecular complexity index is 2810. The molecular formula is C48H32N2O2S. The first kappa shape index (κ1) is 31.1. The van der Waals surface area contributed by atoms with Crippen LogP contribution in [0, 0.1) is 0 Å². The molecule has 0 radical (unpaired) electrons. The van der Waals surface area contributed by atoms with Crippen LogP contribution < -0.4 is 14.5 Å². The van der Waals surface area contributed by atoms with E-state index in [0.717, 1.165) is 93.7 Å². The summed E-state index contributed by atoms with van der Waals surface area (Å²) < 4.78 is 13.3. The van der Waals surface area contributed by atoms with Crippen molar-refractivity contribution in [2.75, 3.05) is 9.80 Å². The molecule has 5 heteroatoms. The van der Waals surface area contributed by atoms with Crippen LogP contribution in [0.3, 0.4) is 0 Å². The lowest BCUT2D eigenvalue weighted by Crippen LogP contribution is -2.11. The van der Waals surface area contributed by atoms with Crippen molar-refractivity contribution in [2.45, 2.75) is 9.79 Å². The zero-order chi connectivity index (χ0) is 35.3. The monoisotopic (exact) mass is 700 g/mol. The second-order valence-electron chi connectivity index (χ2n) is 13.0. The Hall–Kier alpha value is -6.69. The van der Waals surface area contributed by atoms with E-state index in [2.05, 4.69) is 174 Å². The minimum Gasteiger partial charge on any atom is -0.455 e. The summed E-state index contributed by atoms with van der Waals surface area (Å²) in [7, 11) is 0. The van der Waals surface area contributed by atoms with Gasteiger partial charge in [0, 0.05) is 45.3 Å². The second-order valence-corrected chi connectivity index (χ2v) is 14.1. The third-order valence-corrected chi connectivity index (χ3v) is 10.9. The molecule has 10 rings (SSSR count). The Balaban J connectivity index is 1.07. The van der Waals surface area contributed by atoms with Crippen molar-refractivity contribution >= 4 is 84.7 Å². The van der Waals surface area contributed by atoms with E-state index >= 15 is 0 Å². The quantitative estimate of drug-likeness (QED) is 0.165. The zero-order valence-corrected chi connectivity index (χ0v) is 29.5. The summed E-state index contributed by atoms with van der Waals surface area (Å²) in [6, 6.07) is 61.4. The highest BCUT2D eigenvalue weighted by molar-refractivity contribution is 7.99. The molecular weight excluding hydrogens is 669 g/mol. The first-order valence-electron chi connectivity index (χ1n) is 17.6. The molecule has 2 heterocycles. The van der Waals surface area contributed by atoms with Crippen molar-refractivity contribution in [1.29, 1.82) is 0 Å². The van der Waals surface area contributed by atoms with E-state index in [0.29, 0.717) is 0 Å². The largest absolute Gasteiger partial charge is 0.455 e. The van der Waals surface area contributed by atoms with Crippen LogP contribution in [0.25, 0.3) is 38.8 Å². The van der Waals surface area contributed by atoms with E-state index in [1.54, 1.807) is 11.8 Å². The molecule has 53 heavy (non-hydrogen) atoms. The number of ether oxygens (including phenoxy) is 1. The summed E-state index contributed by atoms with van der Waals surface area (Å²) >= 11 is 1.73. The zero-order valence-electron chi connectivity index (χ0n) is 28.6.